The van der Waals surface area contributed by atoms with Gasteiger partial charge in [0.25, 0.3) is 5.92 Å². The van der Waals surface area contributed by atoms with Gasteiger partial charge in [-0.1, -0.05) is 6.92 Å². The van der Waals surface area contributed by atoms with E-state index >= 15 is 0 Å². The Balaban J connectivity index is 2.19. The summed E-state index contributed by atoms with van der Waals surface area (Å²) in [5, 5.41) is 12.1. The highest BCUT2D eigenvalue weighted by molar-refractivity contribution is 4.79. The first kappa shape index (κ1) is 11.9. The number of hydrogen-bond acceptors (Lipinski definition) is 2. The largest absolute Gasteiger partial charge is 0.393 e. The van der Waals surface area contributed by atoms with E-state index in [2.05, 4.69) is 5.32 Å². The van der Waals surface area contributed by atoms with Gasteiger partial charge in [-0.3, -0.25) is 0 Å². The molecule has 84 valence electrons. The monoisotopic (exact) mass is 207 g/mol. The lowest BCUT2D eigenvalue weighted by Gasteiger charge is -2.27. The van der Waals surface area contributed by atoms with E-state index in [1.54, 1.807) is 0 Å². The fraction of sp³-hybridized carbons (Fsp3) is 1.00. The van der Waals surface area contributed by atoms with Gasteiger partial charge < -0.3 is 10.4 Å². The average molecular weight is 207 g/mol. The van der Waals surface area contributed by atoms with E-state index in [1.165, 1.54) is 6.92 Å². The fourth-order valence-electron chi connectivity index (χ4n) is 1.70. The van der Waals surface area contributed by atoms with Crippen LogP contribution in [-0.4, -0.2) is 29.7 Å². The zero-order valence-corrected chi connectivity index (χ0v) is 8.60. The zero-order valence-electron chi connectivity index (χ0n) is 8.60. The van der Waals surface area contributed by atoms with Crippen LogP contribution in [0.25, 0.3) is 0 Å². The topological polar surface area (TPSA) is 32.3 Å². The van der Waals surface area contributed by atoms with Gasteiger partial charge in [0.15, 0.2) is 0 Å². The van der Waals surface area contributed by atoms with Crippen LogP contribution in [-0.2, 0) is 0 Å². The van der Waals surface area contributed by atoms with E-state index in [0.717, 1.165) is 25.7 Å². The minimum absolute atomic E-state index is 0.116. The summed E-state index contributed by atoms with van der Waals surface area (Å²) in [5.41, 5.74) is 0. The van der Waals surface area contributed by atoms with Crippen molar-refractivity contribution >= 4 is 0 Å². The predicted molar refractivity (Wildman–Crippen MR) is 51.5 cm³/mol. The number of aliphatic hydroxyl groups is 1. The van der Waals surface area contributed by atoms with Crippen molar-refractivity contribution in [1.29, 1.82) is 0 Å². The van der Waals surface area contributed by atoms with Crippen LogP contribution in [0.4, 0.5) is 8.78 Å². The van der Waals surface area contributed by atoms with E-state index in [0.29, 0.717) is 0 Å². The first-order valence-corrected chi connectivity index (χ1v) is 5.33. The lowest BCUT2D eigenvalue weighted by molar-refractivity contribution is -0.00658. The molecule has 0 unspecified atom stereocenters. The zero-order chi connectivity index (χ0) is 10.6. The van der Waals surface area contributed by atoms with Crippen LogP contribution < -0.4 is 5.32 Å². The molecule has 1 aliphatic carbocycles. The maximum Gasteiger partial charge on any atom is 0.260 e. The lowest BCUT2D eigenvalue weighted by atomic mass is 9.93. The predicted octanol–water partition coefficient (Wildman–Crippen LogP) is 1.92. The van der Waals surface area contributed by atoms with Crippen LogP contribution in [0, 0.1) is 0 Å². The molecule has 0 aromatic carbocycles. The average Bonchev–Trinajstić information content (AvgIpc) is 2.17. The third-order valence-electron chi connectivity index (χ3n) is 2.86. The molecule has 2 nitrogen and oxygen atoms in total. The smallest absolute Gasteiger partial charge is 0.260 e. The molecule has 0 spiro atoms. The van der Waals surface area contributed by atoms with Crippen LogP contribution in [0.1, 0.15) is 39.0 Å². The molecule has 0 aromatic rings. The maximum absolute atomic E-state index is 12.9. The van der Waals surface area contributed by atoms with E-state index in [-0.39, 0.29) is 25.1 Å². The van der Waals surface area contributed by atoms with Crippen molar-refractivity contribution < 1.29 is 13.9 Å². The van der Waals surface area contributed by atoms with E-state index < -0.39 is 5.92 Å². The molecule has 1 fully saturated rings. The second-order valence-corrected chi connectivity index (χ2v) is 4.10. The Kier molecular flexibility index (Phi) is 4.26. The molecule has 4 heteroatoms. The number of aliphatic hydroxyl groups excluding tert-OH is 1. The van der Waals surface area contributed by atoms with Gasteiger partial charge in [0, 0.05) is 12.5 Å². The number of halogens is 2. The highest BCUT2D eigenvalue weighted by Gasteiger charge is 2.28. The highest BCUT2D eigenvalue weighted by Crippen LogP contribution is 2.21. The number of rotatable bonds is 4. The molecule has 0 atom stereocenters. The summed E-state index contributed by atoms with van der Waals surface area (Å²) in [4.78, 5) is 0. The number of hydrogen-bond donors (Lipinski definition) is 2. The Hall–Kier alpha value is -0.220. The Morgan fingerprint density at radius 1 is 1.29 bits per heavy atom. The SMILES string of the molecule is CCC(F)(F)CNC1CCC(O)CC1. The van der Waals surface area contributed by atoms with E-state index in [4.69, 9.17) is 0 Å². The van der Waals surface area contributed by atoms with Crippen molar-refractivity contribution in [3.63, 3.8) is 0 Å². The van der Waals surface area contributed by atoms with Gasteiger partial charge in [-0.2, -0.15) is 0 Å². The Morgan fingerprint density at radius 2 is 1.86 bits per heavy atom. The lowest BCUT2D eigenvalue weighted by Crippen LogP contribution is -2.41. The van der Waals surface area contributed by atoms with Gasteiger partial charge in [-0.15, -0.1) is 0 Å². The summed E-state index contributed by atoms with van der Waals surface area (Å²) < 4.78 is 25.7. The van der Waals surface area contributed by atoms with Gasteiger partial charge >= 0.3 is 0 Å². The molecule has 0 amide bonds. The highest BCUT2D eigenvalue weighted by atomic mass is 19.3. The number of alkyl halides is 2. The third kappa shape index (κ3) is 3.88. The first-order valence-electron chi connectivity index (χ1n) is 5.33. The Labute approximate surface area is 83.7 Å². The van der Waals surface area contributed by atoms with E-state index in [1.807, 2.05) is 0 Å². The normalized spacial score (nSPS) is 29.1. The standard InChI is InChI=1S/C10H19F2NO/c1-2-10(11,12)7-13-8-3-5-9(14)6-4-8/h8-9,13-14H,2-7H2,1H3. The van der Waals surface area contributed by atoms with Crippen molar-refractivity contribution in [2.75, 3.05) is 6.54 Å². The van der Waals surface area contributed by atoms with Crippen LogP contribution in [0.2, 0.25) is 0 Å². The summed E-state index contributed by atoms with van der Waals surface area (Å²) in [6.07, 6.45) is 2.74. The van der Waals surface area contributed by atoms with Gasteiger partial charge in [-0.25, -0.2) is 8.78 Å². The fourth-order valence-corrected chi connectivity index (χ4v) is 1.70. The van der Waals surface area contributed by atoms with Crippen molar-refractivity contribution in [3.05, 3.63) is 0 Å². The molecule has 0 heterocycles. The molecule has 0 bridgehead atoms. The van der Waals surface area contributed by atoms with Crippen molar-refractivity contribution in [2.45, 2.75) is 57.1 Å². The first-order chi connectivity index (χ1) is 6.53. The van der Waals surface area contributed by atoms with Crippen LogP contribution >= 0.6 is 0 Å². The van der Waals surface area contributed by atoms with Gasteiger partial charge in [0.1, 0.15) is 0 Å². The number of nitrogens with one attached hydrogen (secondary N) is 1. The molecule has 0 aromatic heterocycles. The third-order valence-corrected chi connectivity index (χ3v) is 2.86. The molecule has 1 rings (SSSR count). The summed E-state index contributed by atoms with van der Waals surface area (Å²) in [6, 6.07) is 0.163. The minimum atomic E-state index is -2.59. The molecule has 1 aliphatic rings. The van der Waals surface area contributed by atoms with Gasteiger partial charge in [0.05, 0.1) is 12.6 Å². The van der Waals surface area contributed by atoms with Crippen LogP contribution in [0.15, 0.2) is 0 Å². The van der Waals surface area contributed by atoms with E-state index in [9.17, 15) is 13.9 Å². The molecular weight excluding hydrogens is 188 g/mol. The van der Waals surface area contributed by atoms with Crippen molar-refractivity contribution in [1.82, 2.24) is 5.32 Å². The van der Waals surface area contributed by atoms with Gasteiger partial charge in [-0.05, 0) is 25.7 Å². The quantitative estimate of drug-likeness (QED) is 0.738. The summed E-state index contributed by atoms with van der Waals surface area (Å²) in [6.45, 7) is 1.26. The summed E-state index contributed by atoms with van der Waals surface area (Å²) in [7, 11) is 0. The second kappa shape index (κ2) is 5.03. The molecular formula is C10H19F2NO. The van der Waals surface area contributed by atoms with Crippen molar-refractivity contribution in [3.8, 4) is 0 Å². The summed E-state index contributed by atoms with van der Waals surface area (Å²) in [5.74, 6) is -2.59. The molecule has 1 saturated carbocycles. The van der Waals surface area contributed by atoms with Gasteiger partial charge in [0.2, 0.25) is 0 Å². The maximum atomic E-state index is 12.9. The molecule has 14 heavy (non-hydrogen) atoms. The molecule has 0 saturated heterocycles. The molecule has 0 aliphatic heterocycles. The Morgan fingerprint density at radius 3 is 2.36 bits per heavy atom. The minimum Gasteiger partial charge on any atom is -0.393 e. The Bertz CT molecular complexity index is 168. The van der Waals surface area contributed by atoms with Crippen LogP contribution in [0.3, 0.4) is 0 Å². The molecule has 2 N–H and O–H groups in total. The molecule has 0 radical (unpaired) electrons. The van der Waals surface area contributed by atoms with Crippen LogP contribution in [0.5, 0.6) is 0 Å². The van der Waals surface area contributed by atoms with Crippen molar-refractivity contribution in [2.24, 2.45) is 0 Å². The second-order valence-electron chi connectivity index (χ2n) is 4.10. The summed E-state index contributed by atoms with van der Waals surface area (Å²) >= 11 is 0.